The Labute approximate surface area is 64.0 Å². The van der Waals surface area contributed by atoms with Gasteiger partial charge in [-0.05, 0) is 31.1 Å². The molecule has 1 fully saturated rings. The molecule has 0 aliphatic heterocycles. The van der Waals surface area contributed by atoms with Gasteiger partial charge in [-0.3, -0.25) is 0 Å². The van der Waals surface area contributed by atoms with Crippen molar-refractivity contribution < 1.29 is 0 Å². The molecule has 1 saturated carbocycles. The van der Waals surface area contributed by atoms with Crippen molar-refractivity contribution in [2.75, 3.05) is 0 Å². The topological polar surface area (TPSA) is 26.0 Å². The molecule has 1 heteroatoms. The first kappa shape index (κ1) is 8.06. The average Bonchev–Trinajstić information content (AvgIpc) is 2.32. The van der Waals surface area contributed by atoms with Crippen LogP contribution in [0.25, 0.3) is 0 Å². The third-order valence-corrected chi connectivity index (χ3v) is 3.38. The van der Waals surface area contributed by atoms with Gasteiger partial charge in [-0.15, -0.1) is 0 Å². The molecule has 60 valence electrons. The van der Waals surface area contributed by atoms with E-state index in [9.17, 15) is 0 Å². The Bertz CT molecular complexity index is 105. The fourth-order valence-electron chi connectivity index (χ4n) is 2.29. The Morgan fingerprint density at radius 3 is 2.20 bits per heavy atom. The van der Waals surface area contributed by atoms with Gasteiger partial charge in [0.25, 0.3) is 0 Å². The molecule has 0 aromatic rings. The minimum atomic E-state index is 0.488. The minimum absolute atomic E-state index is 0.488. The lowest BCUT2D eigenvalue weighted by molar-refractivity contribution is 0.237. The van der Waals surface area contributed by atoms with Crippen LogP contribution in [0.1, 0.15) is 46.0 Å². The van der Waals surface area contributed by atoms with Gasteiger partial charge in [0.15, 0.2) is 0 Å². The summed E-state index contributed by atoms with van der Waals surface area (Å²) in [4.78, 5) is 0. The fourth-order valence-corrected chi connectivity index (χ4v) is 2.29. The molecule has 1 rings (SSSR count). The van der Waals surface area contributed by atoms with Crippen LogP contribution in [0.5, 0.6) is 0 Å². The number of hydrogen-bond acceptors (Lipinski definition) is 1. The number of hydrogen-bond donors (Lipinski definition) is 1. The van der Waals surface area contributed by atoms with Gasteiger partial charge >= 0.3 is 0 Å². The van der Waals surface area contributed by atoms with Gasteiger partial charge in [-0.25, -0.2) is 0 Å². The van der Waals surface area contributed by atoms with Crippen LogP contribution < -0.4 is 5.73 Å². The van der Waals surface area contributed by atoms with Gasteiger partial charge in [-0.1, -0.05) is 20.3 Å². The Morgan fingerprint density at radius 1 is 1.40 bits per heavy atom. The second-order valence-electron chi connectivity index (χ2n) is 3.57. The summed E-state index contributed by atoms with van der Waals surface area (Å²) in [6.45, 7) is 4.54. The van der Waals surface area contributed by atoms with Crippen LogP contribution in [0, 0.1) is 5.41 Å². The molecule has 1 atom stereocenters. The van der Waals surface area contributed by atoms with Gasteiger partial charge in [0.1, 0.15) is 0 Å². The summed E-state index contributed by atoms with van der Waals surface area (Å²) in [5, 5.41) is 0. The monoisotopic (exact) mass is 141 g/mol. The number of nitrogens with two attached hydrogens (primary N) is 1. The molecule has 0 spiro atoms. The first-order valence-corrected chi connectivity index (χ1v) is 4.51. The third-order valence-electron chi connectivity index (χ3n) is 3.38. The Morgan fingerprint density at radius 2 is 2.00 bits per heavy atom. The maximum absolute atomic E-state index is 6.04. The SMILES string of the molecule is CCC1(CC)CCC[C@H]1N. The minimum Gasteiger partial charge on any atom is -0.327 e. The van der Waals surface area contributed by atoms with E-state index in [2.05, 4.69) is 13.8 Å². The zero-order valence-electron chi connectivity index (χ0n) is 7.19. The van der Waals surface area contributed by atoms with E-state index in [1.54, 1.807) is 0 Å². The average molecular weight is 141 g/mol. The van der Waals surface area contributed by atoms with Gasteiger partial charge in [0.2, 0.25) is 0 Å². The highest BCUT2D eigenvalue weighted by Crippen LogP contribution is 2.42. The lowest BCUT2D eigenvalue weighted by Gasteiger charge is -2.30. The van der Waals surface area contributed by atoms with E-state index in [1.165, 1.54) is 32.1 Å². The molecule has 0 saturated heterocycles. The highest BCUT2D eigenvalue weighted by atomic mass is 14.7. The quantitative estimate of drug-likeness (QED) is 0.627. The van der Waals surface area contributed by atoms with Gasteiger partial charge < -0.3 is 5.73 Å². The van der Waals surface area contributed by atoms with E-state index in [-0.39, 0.29) is 0 Å². The smallest absolute Gasteiger partial charge is 0.00953 e. The summed E-state index contributed by atoms with van der Waals surface area (Å²) >= 11 is 0. The molecular weight excluding hydrogens is 122 g/mol. The van der Waals surface area contributed by atoms with E-state index in [4.69, 9.17) is 5.73 Å². The van der Waals surface area contributed by atoms with Crippen molar-refractivity contribution in [1.82, 2.24) is 0 Å². The zero-order chi connectivity index (χ0) is 7.61. The summed E-state index contributed by atoms with van der Waals surface area (Å²) < 4.78 is 0. The molecular formula is C9H19N. The molecule has 0 unspecified atom stereocenters. The van der Waals surface area contributed by atoms with Crippen LogP contribution in [-0.2, 0) is 0 Å². The molecule has 0 amide bonds. The maximum Gasteiger partial charge on any atom is 0.00953 e. The molecule has 10 heavy (non-hydrogen) atoms. The predicted molar refractivity (Wildman–Crippen MR) is 44.8 cm³/mol. The van der Waals surface area contributed by atoms with E-state index < -0.39 is 0 Å². The van der Waals surface area contributed by atoms with Crippen molar-refractivity contribution in [2.45, 2.75) is 52.0 Å². The Kier molecular flexibility index (Phi) is 2.35. The lowest BCUT2D eigenvalue weighted by Crippen LogP contribution is -2.35. The van der Waals surface area contributed by atoms with Crippen molar-refractivity contribution in [1.29, 1.82) is 0 Å². The summed E-state index contributed by atoms with van der Waals surface area (Å²) in [6, 6.07) is 0.488. The maximum atomic E-state index is 6.04. The highest BCUT2D eigenvalue weighted by molar-refractivity contribution is 4.92. The molecule has 0 bridgehead atoms. The van der Waals surface area contributed by atoms with Crippen molar-refractivity contribution >= 4 is 0 Å². The molecule has 1 aliphatic rings. The molecule has 0 aromatic carbocycles. The summed E-state index contributed by atoms with van der Waals surface area (Å²) in [5.41, 5.74) is 6.55. The first-order chi connectivity index (χ1) is 4.75. The van der Waals surface area contributed by atoms with Gasteiger partial charge in [0.05, 0.1) is 0 Å². The predicted octanol–water partition coefficient (Wildman–Crippen LogP) is 2.30. The molecule has 0 heterocycles. The van der Waals surface area contributed by atoms with Gasteiger partial charge in [-0.2, -0.15) is 0 Å². The van der Waals surface area contributed by atoms with E-state index in [0.29, 0.717) is 11.5 Å². The van der Waals surface area contributed by atoms with Crippen LogP contribution in [0.2, 0.25) is 0 Å². The first-order valence-electron chi connectivity index (χ1n) is 4.51. The van der Waals surface area contributed by atoms with Crippen molar-refractivity contribution in [3.05, 3.63) is 0 Å². The van der Waals surface area contributed by atoms with Crippen LogP contribution in [0.4, 0.5) is 0 Å². The summed E-state index contributed by atoms with van der Waals surface area (Å²) in [7, 11) is 0. The van der Waals surface area contributed by atoms with Crippen LogP contribution in [0.3, 0.4) is 0 Å². The Hall–Kier alpha value is -0.0400. The fraction of sp³-hybridized carbons (Fsp3) is 1.00. The van der Waals surface area contributed by atoms with E-state index in [0.717, 1.165) is 0 Å². The molecule has 0 aromatic heterocycles. The van der Waals surface area contributed by atoms with Crippen molar-refractivity contribution in [3.8, 4) is 0 Å². The second-order valence-corrected chi connectivity index (χ2v) is 3.57. The van der Waals surface area contributed by atoms with Crippen LogP contribution in [0.15, 0.2) is 0 Å². The van der Waals surface area contributed by atoms with Crippen molar-refractivity contribution in [2.24, 2.45) is 11.1 Å². The third kappa shape index (κ3) is 1.07. The normalized spacial score (nSPS) is 30.9. The lowest BCUT2D eigenvalue weighted by atomic mass is 9.78. The molecule has 1 nitrogen and oxygen atoms in total. The number of rotatable bonds is 2. The van der Waals surface area contributed by atoms with Crippen LogP contribution >= 0.6 is 0 Å². The van der Waals surface area contributed by atoms with E-state index in [1.807, 2.05) is 0 Å². The summed E-state index contributed by atoms with van der Waals surface area (Å²) in [6.07, 6.45) is 6.50. The Balaban J connectivity index is 2.61. The molecule has 2 N–H and O–H groups in total. The molecule has 0 radical (unpaired) electrons. The molecule has 1 aliphatic carbocycles. The van der Waals surface area contributed by atoms with Crippen molar-refractivity contribution in [3.63, 3.8) is 0 Å². The van der Waals surface area contributed by atoms with Crippen LogP contribution in [-0.4, -0.2) is 6.04 Å². The highest BCUT2D eigenvalue weighted by Gasteiger charge is 2.37. The van der Waals surface area contributed by atoms with E-state index >= 15 is 0 Å². The standard InChI is InChI=1S/C9H19N/c1-3-9(4-2)7-5-6-8(9)10/h8H,3-7,10H2,1-2H3/t8-/m1/s1. The largest absolute Gasteiger partial charge is 0.327 e. The van der Waals surface area contributed by atoms with Gasteiger partial charge in [0, 0.05) is 6.04 Å². The second kappa shape index (κ2) is 2.91. The summed E-state index contributed by atoms with van der Waals surface area (Å²) in [5.74, 6) is 0. The zero-order valence-corrected chi connectivity index (χ0v) is 7.19.